The van der Waals surface area contributed by atoms with Gasteiger partial charge in [-0.25, -0.2) is 4.98 Å². The third kappa shape index (κ3) is 2.76. The van der Waals surface area contributed by atoms with Crippen LogP contribution in [0, 0.1) is 0 Å². The molecule has 1 aromatic carbocycles. The van der Waals surface area contributed by atoms with Crippen LogP contribution in [-0.4, -0.2) is 20.4 Å². The molecule has 0 aliphatic heterocycles. The van der Waals surface area contributed by atoms with Crippen LogP contribution >= 0.6 is 23.2 Å². The second kappa shape index (κ2) is 6.04. The van der Waals surface area contributed by atoms with E-state index in [-0.39, 0.29) is 6.04 Å². The summed E-state index contributed by atoms with van der Waals surface area (Å²) in [6.45, 7) is 2.14. The van der Waals surface area contributed by atoms with Gasteiger partial charge in [0.2, 0.25) is 0 Å². The van der Waals surface area contributed by atoms with Crippen molar-refractivity contribution in [3.8, 4) is 0 Å². The zero-order valence-electron chi connectivity index (χ0n) is 11.6. The van der Waals surface area contributed by atoms with E-state index in [1.54, 1.807) is 12.4 Å². The van der Waals surface area contributed by atoms with Crippen molar-refractivity contribution in [2.24, 2.45) is 0 Å². The lowest BCUT2D eigenvalue weighted by molar-refractivity contribution is 0.624. The number of halogens is 2. The van der Waals surface area contributed by atoms with Crippen LogP contribution in [0.1, 0.15) is 24.4 Å². The van der Waals surface area contributed by atoms with Gasteiger partial charge in [0.05, 0.1) is 17.8 Å². The summed E-state index contributed by atoms with van der Waals surface area (Å²) in [6.07, 6.45) is 4.30. The van der Waals surface area contributed by atoms with E-state index in [1.165, 1.54) is 0 Å². The van der Waals surface area contributed by atoms with Crippen LogP contribution in [0.25, 0.3) is 11.0 Å². The Morgan fingerprint density at radius 2 is 2.14 bits per heavy atom. The van der Waals surface area contributed by atoms with Crippen LogP contribution in [0.15, 0.2) is 42.7 Å². The minimum Gasteiger partial charge on any atom is -0.321 e. The van der Waals surface area contributed by atoms with Gasteiger partial charge < -0.3 is 4.57 Å². The van der Waals surface area contributed by atoms with E-state index < -0.39 is 0 Å². The first kappa shape index (κ1) is 14.4. The number of alkyl halides is 1. The number of hydrogen-bond acceptors (Lipinski definition) is 2. The molecule has 21 heavy (non-hydrogen) atoms. The van der Waals surface area contributed by atoms with Gasteiger partial charge in [0.1, 0.15) is 11.3 Å². The Morgan fingerprint density at radius 1 is 1.29 bits per heavy atom. The fraction of sp³-hybridized carbons (Fsp3) is 0.250. The van der Waals surface area contributed by atoms with Crippen LogP contribution in [-0.2, 0) is 6.42 Å². The minimum absolute atomic E-state index is 0.134. The smallest absolute Gasteiger partial charge is 0.111 e. The number of rotatable bonds is 4. The molecular formula is C16H15Cl2N3. The molecule has 3 rings (SSSR count). The summed E-state index contributed by atoms with van der Waals surface area (Å²) in [7, 11) is 0. The molecule has 3 nitrogen and oxygen atoms in total. The Bertz CT molecular complexity index is 767. The predicted molar refractivity (Wildman–Crippen MR) is 87.2 cm³/mol. The zero-order valence-corrected chi connectivity index (χ0v) is 13.1. The van der Waals surface area contributed by atoms with Crippen molar-refractivity contribution in [1.82, 2.24) is 14.5 Å². The number of aromatic nitrogens is 3. The molecule has 5 heteroatoms. The highest BCUT2D eigenvalue weighted by Gasteiger charge is 2.17. The van der Waals surface area contributed by atoms with E-state index in [1.807, 2.05) is 24.3 Å². The molecule has 0 spiro atoms. The molecule has 1 unspecified atom stereocenters. The number of aryl methyl sites for hydroxylation is 1. The maximum absolute atomic E-state index is 6.11. The van der Waals surface area contributed by atoms with E-state index in [9.17, 15) is 0 Å². The molecule has 2 heterocycles. The summed E-state index contributed by atoms with van der Waals surface area (Å²) in [4.78, 5) is 8.80. The van der Waals surface area contributed by atoms with Crippen molar-refractivity contribution in [2.45, 2.75) is 19.4 Å². The molecule has 1 atom stereocenters. The average Bonchev–Trinajstić information content (AvgIpc) is 2.85. The summed E-state index contributed by atoms with van der Waals surface area (Å²) in [5.74, 6) is 1.51. The molecule has 0 saturated heterocycles. The molecule has 2 aromatic heterocycles. The monoisotopic (exact) mass is 319 g/mol. The van der Waals surface area contributed by atoms with Crippen molar-refractivity contribution >= 4 is 34.2 Å². The van der Waals surface area contributed by atoms with Crippen molar-refractivity contribution < 1.29 is 0 Å². The number of pyridine rings is 1. The van der Waals surface area contributed by atoms with Crippen molar-refractivity contribution in [2.75, 3.05) is 5.88 Å². The van der Waals surface area contributed by atoms with Gasteiger partial charge in [-0.15, -0.1) is 11.6 Å². The van der Waals surface area contributed by atoms with E-state index in [2.05, 4.69) is 27.5 Å². The molecule has 0 aliphatic rings. The molecule has 0 N–H and O–H groups in total. The minimum atomic E-state index is 0.134. The fourth-order valence-electron chi connectivity index (χ4n) is 2.61. The molecule has 0 aliphatic carbocycles. The Balaban J connectivity index is 2.15. The highest BCUT2D eigenvalue weighted by Crippen LogP contribution is 2.27. The van der Waals surface area contributed by atoms with Crippen molar-refractivity contribution in [3.05, 3.63) is 59.1 Å². The summed E-state index contributed by atoms with van der Waals surface area (Å²) < 4.78 is 2.21. The summed E-state index contributed by atoms with van der Waals surface area (Å²) in [5, 5.41) is 0.740. The summed E-state index contributed by atoms with van der Waals surface area (Å²) in [5.41, 5.74) is 3.11. The number of imidazole rings is 1. The summed E-state index contributed by atoms with van der Waals surface area (Å²) >= 11 is 12.0. The van der Waals surface area contributed by atoms with Crippen LogP contribution in [0.2, 0.25) is 5.02 Å². The van der Waals surface area contributed by atoms with Crippen LogP contribution in [0.3, 0.4) is 0 Å². The van der Waals surface area contributed by atoms with Gasteiger partial charge in [-0.05, 0) is 30.7 Å². The lowest BCUT2D eigenvalue weighted by atomic mass is 10.1. The van der Waals surface area contributed by atoms with Gasteiger partial charge in [0, 0.05) is 23.5 Å². The Hall–Kier alpha value is -1.58. The van der Waals surface area contributed by atoms with Gasteiger partial charge in [-0.3, -0.25) is 4.98 Å². The Kier molecular flexibility index (Phi) is 4.13. The van der Waals surface area contributed by atoms with Gasteiger partial charge in [0.25, 0.3) is 0 Å². The van der Waals surface area contributed by atoms with Gasteiger partial charge >= 0.3 is 0 Å². The predicted octanol–water partition coefficient (Wildman–Crippen LogP) is 4.48. The first-order valence-electron chi connectivity index (χ1n) is 6.83. The van der Waals surface area contributed by atoms with Gasteiger partial charge in [-0.1, -0.05) is 23.7 Å². The van der Waals surface area contributed by atoms with Crippen LogP contribution in [0.5, 0.6) is 0 Å². The third-order valence-corrected chi connectivity index (χ3v) is 4.03. The topological polar surface area (TPSA) is 30.7 Å². The molecular weight excluding hydrogens is 305 g/mol. The second-order valence-corrected chi connectivity index (χ2v) is 5.75. The van der Waals surface area contributed by atoms with Gasteiger partial charge in [0.15, 0.2) is 0 Å². The molecule has 0 fully saturated rings. The summed E-state index contributed by atoms with van der Waals surface area (Å²) in [6, 6.07) is 10.0. The molecule has 3 aromatic rings. The normalized spacial score (nSPS) is 12.7. The lowest BCUT2D eigenvalue weighted by Crippen LogP contribution is -2.11. The number of fused-ring (bicyclic) bond motifs is 1. The molecule has 0 saturated carbocycles. The van der Waals surface area contributed by atoms with Crippen LogP contribution in [0.4, 0.5) is 0 Å². The van der Waals surface area contributed by atoms with E-state index >= 15 is 0 Å². The van der Waals surface area contributed by atoms with Crippen molar-refractivity contribution in [1.29, 1.82) is 0 Å². The highest BCUT2D eigenvalue weighted by atomic mass is 35.5. The van der Waals surface area contributed by atoms with Crippen LogP contribution < -0.4 is 0 Å². The maximum atomic E-state index is 6.11. The Morgan fingerprint density at radius 3 is 2.90 bits per heavy atom. The molecule has 0 amide bonds. The van der Waals surface area contributed by atoms with E-state index in [0.29, 0.717) is 5.88 Å². The molecule has 108 valence electrons. The van der Waals surface area contributed by atoms with E-state index in [0.717, 1.165) is 33.9 Å². The van der Waals surface area contributed by atoms with Crippen molar-refractivity contribution in [3.63, 3.8) is 0 Å². The quantitative estimate of drug-likeness (QED) is 0.664. The van der Waals surface area contributed by atoms with E-state index in [4.69, 9.17) is 23.2 Å². The first-order chi connectivity index (χ1) is 10.2. The average molecular weight is 320 g/mol. The fourth-order valence-corrected chi connectivity index (χ4v) is 2.98. The molecule has 0 bridgehead atoms. The number of nitrogens with zero attached hydrogens (tertiary/aromatic N) is 3. The molecule has 0 radical (unpaired) electrons. The third-order valence-electron chi connectivity index (χ3n) is 3.60. The van der Waals surface area contributed by atoms with Gasteiger partial charge in [-0.2, -0.15) is 0 Å². The zero-order chi connectivity index (χ0) is 14.8. The maximum Gasteiger partial charge on any atom is 0.111 e. The SMILES string of the molecule is CC(c1cccc(Cl)c1)n1c(CCCl)nc2cnccc21. The number of benzene rings is 1. The lowest BCUT2D eigenvalue weighted by Gasteiger charge is -2.18. The standard InChI is InChI=1S/C16H15Cl2N3/c1-11(12-3-2-4-13(18)9-12)21-15-6-8-19-10-14(15)20-16(21)5-7-17/h2-4,6,8-11H,5,7H2,1H3. The largest absolute Gasteiger partial charge is 0.321 e. The highest BCUT2D eigenvalue weighted by molar-refractivity contribution is 6.30. The first-order valence-corrected chi connectivity index (χ1v) is 7.74. The Labute approximate surface area is 133 Å². The number of hydrogen-bond donors (Lipinski definition) is 0. The second-order valence-electron chi connectivity index (χ2n) is 4.93.